The van der Waals surface area contributed by atoms with Gasteiger partial charge >= 0.3 is 0 Å². The average Bonchev–Trinajstić information content (AvgIpc) is 3.23. The maximum atomic E-state index is 8.89. The Kier molecular flexibility index (Phi) is 3.34. The standard InChI is InChI=1S/C32H28O/c1-20-12-13-22(16-24(20)19-32(2,3)4)26-10-7-11-27-29-17-23-15-14-21-8-5-6-9-25(21)28(23)18-30(29)33-31(26)27/h5-18H,19H2,1-4H3/i1D3,19D2. The van der Waals surface area contributed by atoms with Crippen LogP contribution >= 0.6 is 0 Å². The third-order valence-corrected chi connectivity index (χ3v) is 6.20. The Morgan fingerprint density at radius 1 is 0.758 bits per heavy atom. The highest BCUT2D eigenvalue weighted by Crippen LogP contribution is 2.39. The number of rotatable bonds is 2. The molecule has 6 aromatic rings. The van der Waals surface area contributed by atoms with Gasteiger partial charge in [-0.15, -0.1) is 0 Å². The van der Waals surface area contributed by atoms with Crippen LogP contribution < -0.4 is 0 Å². The minimum absolute atomic E-state index is 0.0380. The third-order valence-electron chi connectivity index (χ3n) is 6.20. The molecule has 33 heavy (non-hydrogen) atoms. The highest BCUT2D eigenvalue weighted by atomic mass is 16.3. The van der Waals surface area contributed by atoms with E-state index >= 15 is 0 Å². The zero-order chi connectivity index (χ0) is 27.0. The lowest BCUT2D eigenvalue weighted by Crippen LogP contribution is -2.10. The molecule has 0 aliphatic rings. The first-order valence-electron chi connectivity index (χ1n) is 13.8. The van der Waals surface area contributed by atoms with Gasteiger partial charge in [-0.25, -0.2) is 0 Å². The fourth-order valence-corrected chi connectivity index (χ4v) is 4.75. The van der Waals surface area contributed by atoms with Gasteiger partial charge in [-0.3, -0.25) is 0 Å². The van der Waals surface area contributed by atoms with Crippen LogP contribution in [0.5, 0.6) is 0 Å². The summed E-state index contributed by atoms with van der Waals surface area (Å²) < 4.78 is 48.4. The highest BCUT2D eigenvalue weighted by Gasteiger charge is 2.17. The van der Waals surface area contributed by atoms with E-state index in [2.05, 4.69) is 36.4 Å². The lowest BCUT2D eigenvalue weighted by Gasteiger charge is -2.20. The van der Waals surface area contributed by atoms with Crippen molar-refractivity contribution in [3.8, 4) is 11.1 Å². The third kappa shape index (κ3) is 3.40. The number of hydrogen-bond acceptors (Lipinski definition) is 1. The molecule has 6 rings (SSSR count). The summed E-state index contributed by atoms with van der Waals surface area (Å²) in [7, 11) is 0. The van der Waals surface area contributed by atoms with E-state index < -0.39 is 18.6 Å². The molecule has 0 unspecified atom stereocenters. The molecule has 5 aromatic carbocycles. The molecule has 0 bridgehead atoms. The Labute approximate surface area is 201 Å². The highest BCUT2D eigenvalue weighted by molar-refractivity contribution is 6.17. The molecule has 1 aromatic heterocycles. The largest absolute Gasteiger partial charge is 0.455 e. The molecule has 0 fully saturated rings. The van der Waals surface area contributed by atoms with E-state index in [9.17, 15) is 0 Å². The van der Waals surface area contributed by atoms with Crippen LogP contribution in [0, 0.1) is 12.3 Å². The minimum atomic E-state index is -2.43. The predicted octanol–water partition coefficient (Wildman–Crippen LogP) is 9.46. The van der Waals surface area contributed by atoms with E-state index in [1.807, 2.05) is 30.3 Å². The van der Waals surface area contributed by atoms with Crippen LogP contribution in [0.4, 0.5) is 0 Å². The number of aryl methyl sites for hydroxylation is 1. The Morgan fingerprint density at radius 2 is 1.58 bits per heavy atom. The van der Waals surface area contributed by atoms with Crippen LogP contribution in [-0.4, -0.2) is 0 Å². The summed E-state index contributed by atoms with van der Waals surface area (Å²) in [5.41, 5.74) is 2.42. The van der Waals surface area contributed by atoms with E-state index in [0.717, 1.165) is 38.3 Å². The SMILES string of the molecule is [2H]C([2H])([2H])c1ccc(-c2cccc3c2oc2cc4c(ccc5ccccc54)cc23)cc1C([2H])([2H])C(C)(C)C. The summed E-state index contributed by atoms with van der Waals surface area (Å²) in [4.78, 5) is 0. The Morgan fingerprint density at radius 3 is 2.42 bits per heavy atom. The summed E-state index contributed by atoms with van der Waals surface area (Å²) >= 11 is 0. The van der Waals surface area contributed by atoms with Crippen molar-refractivity contribution < 1.29 is 11.3 Å². The number of para-hydroxylation sites is 1. The summed E-state index contributed by atoms with van der Waals surface area (Å²) in [5, 5.41) is 6.57. The van der Waals surface area contributed by atoms with Crippen molar-refractivity contribution in [1.29, 1.82) is 0 Å². The normalized spacial score (nSPS) is 15.4. The molecular formula is C32H28O. The summed E-state index contributed by atoms with van der Waals surface area (Å²) in [6.45, 7) is 2.94. The molecule has 0 amide bonds. The van der Waals surface area contributed by atoms with Crippen molar-refractivity contribution in [2.24, 2.45) is 5.41 Å². The van der Waals surface area contributed by atoms with Crippen molar-refractivity contribution >= 4 is 43.5 Å². The van der Waals surface area contributed by atoms with Gasteiger partial charge in [0.25, 0.3) is 0 Å². The van der Waals surface area contributed by atoms with Crippen LogP contribution in [0.25, 0.3) is 54.6 Å². The van der Waals surface area contributed by atoms with Crippen LogP contribution in [0.1, 0.15) is 38.8 Å². The number of furan rings is 1. The van der Waals surface area contributed by atoms with E-state index in [1.54, 1.807) is 39.0 Å². The molecule has 1 heterocycles. The number of hydrogen-bond donors (Lipinski definition) is 0. The van der Waals surface area contributed by atoms with Gasteiger partial charge in [0.05, 0.1) is 0 Å². The average molecular weight is 434 g/mol. The van der Waals surface area contributed by atoms with E-state index in [0.29, 0.717) is 5.58 Å². The van der Waals surface area contributed by atoms with Gasteiger partial charge in [0, 0.05) is 23.2 Å². The number of benzene rings is 5. The van der Waals surface area contributed by atoms with Crippen LogP contribution in [0.3, 0.4) is 0 Å². The lowest BCUT2D eigenvalue weighted by molar-refractivity contribution is 0.410. The second-order valence-corrected chi connectivity index (χ2v) is 9.78. The molecule has 1 heteroatoms. The first-order valence-corrected chi connectivity index (χ1v) is 11.3. The monoisotopic (exact) mass is 433 g/mol. The second kappa shape index (κ2) is 7.22. The van der Waals surface area contributed by atoms with Gasteiger partial charge in [0.2, 0.25) is 0 Å². The van der Waals surface area contributed by atoms with Gasteiger partial charge < -0.3 is 4.42 Å². The van der Waals surface area contributed by atoms with Gasteiger partial charge in [0.1, 0.15) is 11.2 Å². The molecule has 0 saturated carbocycles. The fourth-order valence-electron chi connectivity index (χ4n) is 4.75. The first-order chi connectivity index (χ1) is 17.9. The van der Waals surface area contributed by atoms with Crippen molar-refractivity contribution in [1.82, 2.24) is 0 Å². The smallest absolute Gasteiger partial charge is 0.143 e. The fraction of sp³-hybridized carbons (Fsp3) is 0.188. The molecule has 0 aliphatic heterocycles. The first kappa shape index (κ1) is 15.3. The zero-order valence-corrected chi connectivity index (χ0v) is 19.0. The quantitative estimate of drug-likeness (QED) is 0.248. The Balaban J connectivity index is 1.61. The van der Waals surface area contributed by atoms with Gasteiger partial charge in [-0.2, -0.15) is 0 Å². The van der Waals surface area contributed by atoms with E-state index in [-0.39, 0.29) is 11.1 Å². The second-order valence-electron chi connectivity index (χ2n) is 9.78. The molecule has 0 radical (unpaired) electrons. The van der Waals surface area contributed by atoms with Crippen molar-refractivity contribution in [3.63, 3.8) is 0 Å². The minimum Gasteiger partial charge on any atom is -0.455 e. The van der Waals surface area contributed by atoms with E-state index in [1.165, 1.54) is 10.8 Å². The summed E-state index contributed by atoms with van der Waals surface area (Å²) in [6.07, 6.45) is -1.87. The molecule has 0 spiro atoms. The van der Waals surface area contributed by atoms with Crippen LogP contribution in [0.15, 0.2) is 89.3 Å². The van der Waals surface area contributed by atoms with Crippen molar-refractivity contribution in [2.45, 2.75) is 34.0 Å². The molecule has 0 N–H and O–H groups in total. The Hall–Kier alpha value is -3.58. The molecule has 0 aliphatic carbocycles. The lowest BCUT2D eigenvalue weighted by atomic mass is 9.85. The predicted molar refractivity (Wildman–Crippen MR) is 142 cm³/mol. The molecule has 162 valence electrons. The molecular weight excluding hydrogens is 400 g/mol. The summed E-state index contributed by atoms with van der Waals surface area (Å²) in [5.74, 6) is 0. The molecule has 0 saturated heterocycles. The van der Waals surface area contributed by atoms with E-state index in [4.69, 9.17) is 11.3 Å². The van der Waals surface area contributed by atoms with Crippen LogP contribution in [0.2, 0.25) is 0 Å². The van der Waals surface area contributed by atoms with Crippen molar-refractivity contribution in [2.75, 3.05) is 0 Å². The topological polar surface area (TPSA) is 13.1 Å². The number of fused-ring (bicyclic) bond motifs is 6. The van der Waals surface area contributed by atoms with Crippen LogP contribution in [-0.2, 0) is 6.37 Å². The van der Waals surface area contributed by atoms with Gasteiger partial charge in [-0.05, 0) is 69.0 Å². The van der Waals surface area contributed by atoms with Gasteiger partial charge in [-0.1, -0.05) is 93.6 Å². The maximum Gasteiger partial charge on any atom is 0.143 e. The maximum absolute atomic E-state index is 8.89. The van der Waals surface area contributed by atoms with Gasteiger partial charge in [0.15, 0.2) is 0 Å². The molecule has 1 nitrogen and oxygen atoms in total. The molecule has 0 atom stereocenters. The zero-order valence-electron chi connectivity index (χ0n) is 24.0. The summed E-state index contributed by atoms with van der Waals surface area (Å²) in [6, 6.07) is 27.8. The van der Waals surface area contributed by atoms with Crippen molar-refractivity contribution in [3.05, 3.63) is 96.1 Å². The Bertz CT molecular complexity index is 1870.